The van der Waals surface area contributed by atoms with Crippen molar-refractivity contribution < 1.29 is 9.53 Å². The second kappa shape index (κ2) is 9.19. The first kappa shape index (κ1) is 19.6. The third-order valence-corrected chi connectivity index (χ3v) is 6.07. The van der Waals surface area contributed by atoms with Crippen molar-refractivity contribution in [3.8, 4) is 11.4 Å². The number of nitrogens with zero attached hydrogens (tertiary/aromatic N) is 5. The van der Waals surface area contributed by atoms with Gasteiger partial charge in [0.2, 0.25) is 5.91 Å². The fourth-order valence-corrected chi connectivity index (χ4v) is 4.50. The Morgan fingerprint density at radius 3 is 2.52 bits per heavy atom. The molecular formula is C21H23N5O2S. The summed E-state index contributed by atoms with van der Waals surface area (Å²) in [4.78, 5) is 19.3. The fourth-order valence-electron chi connectivity index (χ4n) is 3.32. The zero-order chi connectivity index (χ0) is 20.1. The lowest BCUT2D eigenvalue weighted by molar-refractivity contribution is -0.134. The number of aromatic nitrogens is 4. The minimum Gasteiger partial charge on any atom is -0.378 e. The molecule has 1 aromatic carbocycles. The molecule has 0 aliphatic carbocycles. The van der Waals surface area contributed by atoms with Gasteiger partial charge in [0.05, 0.1) is 13.2 Å². The molecule has 1 unspecified atom stereocenters. The maximum Gasteiger partial charge on any atom is 0.240 e. The molecule has 3 aromatic rings. The summed E-state index contributed by atoms with van der Waals surface area (Å²) in [5, 5.41) is 9.16. The third-order valence-electron chi connectivity index (χ3n) is 4.84. The Kier molecular flexibility index (Phi) is 6.21. The molecule has 3 heterocycles. The van der Waals surface area contributed by atoms with E-state index >= 15 is 0 Å². The van der Waals surface area contributed by atoms with Crippen molar-refractivity contribution in [2.24, 2.45) is 0 Å². The number of pyridine rings is 1. The van der Waals surface area contributed by atoms with Crippen LogP contribution in [0.2, 0.25) is 0 Å². The van der Waals surface area contributed by atoms with E-state index in [1.54, 1.807) is 12.4 Å². The van der Waals surface area contributed by atoms with Gasteiger partial charge in [0, 0.05) is 37.6 Å². The van der Waals surface area contributed by atoms with E-state index in [0.29, 0.717) is 32.8 Å². The maximum absolute atomic E-state index is 13.4. The summed E-state index contributed by atoms with van der Waals surface area (Å²) in [6.07, 6.45) is 3.48. The lowest BCUT2D eigenvalue weighted by atomic mass is 10.1. The molecule has 1 amide bonds. The standard InChI is InChI=1S/C21H23N5O2S/c1-2-26-19(17-8-10-22-11-9-17)23-24-21(26)29-18(16-6-4-3-5-7-16)20(27)25-12-14-28-15-13-25/h3-11,18H,2,12-15H2,1H3. The molecule has 0 bridgehead atoms. The van der Waals surface area contributed by atoms with Crippen molar-refractivity contribution in [1.82, 2.24) is 24.6 Å². The van der Waals surface area contributed by atoms with Crippen LogP contribution in [0.1, 0.15) is 17.7 Å². The summed E-state index contributed by atoms with van der Waals surface area (Å²) >= 11 is 1.45. The van der Waals surface area contributed by atoms with Crippen LogP contribution in [0.4, 0.5) is 0 Å². The topological polar surface area (TPSA) is 73.1 Å². The van der Waals surface area contributed by atoms with Crippen LogP contribution < -0.4 is 0 Å². The number of ether oxygens (including phenoxy) is 1. The van der Waals surface area contributed by atoms with Crippen molar-refractivity contribution in [3.63, 3.8) is 0 Å². The van der Waals surface area contributed by atoms with Crippen LogP contribution in [0.15, 0.2) is 60.0 Å². The SMILES string of the molecule is CCn1c(SC(C(=O)N2CCOCC2)c2ccccc2)nnc1-c1ccncc1. The molecule has 1 fully saturated rings. The van der Waals surface area contributed by atoms with Gasteiger partial charge in [-0.1, -0.05) is 42.1 Å². The molecule has 150 valence electrons. The molecule has 1 aliphatic rings. The van der Waals surface area contributed by atoms with Crippen LogP contribution in [-0.4, -0.2) is 56.9 Å². The molecule has 8 heteroatoms. The predicted molar refractivity (Wildman–Crippen MR) is 111 cm³/mol. The summed E-state index contributed by atoms with van der Waals surface area (Å²) < 4.78 is 7.45. The quantitative estimate of drug-likeness (QED) is 0.583. The van der Waals surface area contributed by atoms with E-state index in [0.717, 1.165) is 22.1 Å². The van der Waals surface area contributed by atoms with E-state index < -0.39 is 0 Å². The van der Waals surface area contributed by atoms with Gasteiger partial charge in [-0.05, 0) is 24.6 Å². The number of morpholine rings is 1. The average molecular weight is 410 g/mol. The summed E-state index contributed by atoms with van der Waals surface area (Å²) in [6.45, 7) is 5.15. The summed E-state index contributed by atoms with van der Waals surface area (Å²) in [6, 6.07) is 13.7. The smallest absolute Gasteiger partial charge is 0.240 e. The summed E-state index contributed by atoms with van der Waals surface area (Å²) in [5.74, 6) is 0.864. The number of amides is 1. The molecule has 0 N–H and O–H groups in total. The normalized spacial score (nSPS) is 15.3. The Labute approximate surface area is 174 Å². The van der Waals surface area contributed by atoms with Crippen LogP contribution in [0.3, 0.4) is 0 Å². The molecule has 0 spiro atoms. The number of rotatable bonds is 6. The minimum atomic E-state index is -0.380. The van der Waals surface area contributed by atoms with E-state index in [1.165, 1.54) is 11.8 Å². The lowest BCUT2D eigenvalue weighted by Crippen LogP contribution is -2.42. The molecule has 7 nitrogen and oxygen atoms in total. The van der Waals surface area contributed by atoms with Gasteiger partial charge in [-0.2, -0.15) is 0 Å². The van der Waals surface area contributed by atoms with Crippen LogP contribution in [0.5, 0.6) is 0 Å². The lowest BCUT2D eigenvalue weighted by Gasteiger charge is -2.30. The molecule has 1 aliphatic heterocycles. The first-order chi connectivity index (χ1) is 14.3. The second-order valence-electron chi connectivity index (χ2n) is 6.63. The Morgan fingerprint density at radius 1 is 1.10 bits per heavy atom. The number of carbonyl (C=O) groups excluding carboxylic acids is 1. The molecule has 4 rings (SSSR count). The number of thioether (sulfide) groups is 1. The van der Waals surface area contributed by atoms with Gasteiger partial charge in [0.25, 0.3) is 0 Å². The van der Waals surface area contributed by atoms with Crippen LogP contribution in [-0.2, 0) is 16.1 Å². The average Bonchev–Trinajstić information content (AvgIpc) is 3.21. The zero-order valence-corrected chi connectivity index (χ0v) is 17.1. The fraction of sp³-hybridized carbons (Fsp3) is 0.333. The van der Waals surface area contributed by atoms with E-state index in [2.05, 4.69) is 22.1 Å². The maximum atomic E-state index is 13.4. The van der Waals surface area contributed by atoms with E-state index in [-0.39, 0.29) is 11.2 Å². The molecule has 1 saturated heterocycles. The van der Waals surface area contributed by atoms with Gasteiger partial charge < -0.3 is 14.2 Å². The molecule has 0 radical (unpaired) electrons. The van der Waals surface area contributed by atoms with Gasteiger partial charge in [-0.3, -0.25) is 9.78 Å². The second-order valence-corrected chi connectivity index (χ2v) is 7.70. The van der Waals surface area contributed by atoms with Gasteiger partial charge in [-0.25, -0.2) is 0 Å². The zero-order valence-electron chi connectivity index (χ0n) is 16.3. The Morgan fingerprint density at radius 2 is 1.83 bits per heavy atom. The monoisotopic (exact) mass is 409 g/mol. The van der Waals surface area contributed by atoms with Crippen LogP contribution in [0.25, 0.3) is 11.4 Å². The molecular weight excluding hydrogens is 386 g/mol. The van der Waals surface area contributed by atoms with E-state index in [9.17, 15) is 4.79 Å². The van der Waals surface area contributed by atoms with Crippen molar-refractivity contribution in [2.75, 3.05) is 26.3 Å². The number of hydrogen-bond donors (Lipinski definition) is 0. The molecule has 0 saturated carbocycles. The van der Waals surface area contributed by atoms with Gasteiger partial charge in [0.15, 0.2) is 11.0 Å². The van der Waals surface area contributed by atoms with Crippen LogP contribution >= 0.6 is 11.8 Å². The predicted octanol–water partition coefficient (Wildman–Crippen LogP) is 3.05. The highest BCUT2D eigenvalue weighted by Gasteiger charge is 2.30. The Hall–Kier alpha value is -2.71. The van der Waals surface area contributed by atoms with Crippen LogP contribution in [0, 0.1) is 0 Å². The van der Waals surface area contributed by atoms with Crippen molar-refractivity contribution in [2.45, 2.75) is 23.9 Å². The van der Waals surface area contributed by atoms with Gasteiger partial charge in [-0.15, -0.1) is 10.2 Å². The molecule has 2 aromatic heterocycles. The summed E-state index contributed by atoms with van der Waals surface area (Å²) in [7, 11) is 0. The van der Waals surface area contributed by atoms with Gasteiger partial charge >= 0.3 is 0 Å². The van der Waals surface area contributed by atoms with Crippen molar-refractivity contribution in [3.05, 3.63) is 60.4 Å². The first-order valence-electron chi connectivity index (χ1n) is 9.69. The van der Waals surface area contributed by atoms with Crippen molar-refractivity contribution >= 4 is 17.7 Å². The molecule has 29 heavy (non-hydrogen) atoms. The number of benzene rings is 1. The van der Waals surface area contributed by atoms with E-state index in [1.807, 2.05) is 51.9 Å². The largest absolute Gasteiger partial charge is 0.378 e. The highest BCUT2D eigenvalue weighted by molar-refractivity contribution is 8.00. The Balaban J connectivity index is 1.66. The van der Waals surface area contributed by atoms with Gasteiger partial charge in [0.1, 0.15) is 5.25 Å². The highest BCUT2D eigenvalue weighted by Crippen LogP contribution is 2.37. The minimum absolute atomic E-state index is 0.0839. The number of carbonyl (C=O) groups is 1. The first-order valence-corrected chi connectivity index (χ1v) is 10.6. The summed E-state index contributed by atoms with van der Waals surface area (Å²) in [5.41, 5.74) is 1.92. The molecule has 1 atom stereocenters. The number of hydrogen-bond acceptors (Lipinski definition) is 6. The highest BCUT2D eigenvalue weighted by atomic mass is 32.2. The van der Waals surface area contributed by atoms with Crippen molar-refractivity contribution in [1.29, 1.82) is 0 Å². The Bertz CT molecular complexity index is 942. The third kappa shape index (κ3) is 4.33. The van der Waals surface area contributed by atoms with E-state index in [4.69, 9.17) is 4.74 Å².